The largest absolute Gasteiger partial charge is 0.416 e. The lowest BCUT2D eigenvalue weighted by atomic mass is 10.1. The van der Waals surface area contributed by atoms with Crippen molar-refractivity contribution in [2.75, 3.05) is 5.32 Å². The summed E-state index contributed by atoms with van der Waals surface area (Å²) < 4.78 is 37.6. The summed E-state index contributed by atoms with van der Waals surface area (Å²) in [4.78, 5) is 16.6. The molecule has 0 saturated carbocycles. The zero-order valence-electron chi connectivity index (χ0n) is 13.8. The van der Waals surface area contributed by atoms with E-state index in [4.69, 9.17) is 0 Å². The molecular weight excluding hydrogens is 361 g/mol. The number of alkyl halides is 3. The molecule has 0 aliphatic rings. The fraction of sp³-hybridized carbons (Fsp3) is 0.158. The highest BCUT2D eigenvalue weighted by Crippen LogP contribution is 2.30. The number of benzene rings is 2. The lowest BCUT2D eigenvalue weighted by molar-refractivity contribution is -0.137. The van der Waals surface area contributed by atoms with Crippen molar-refractivity contribution in [1.82, 2.24) is 4.98 Å². The molecule has 0 bridgehead atoms. The van der Waals surface area contributed by atoms with E-state index >= 15 is 0 Å². The Balaban J connectivity index is 1.64. The zero-order valence-corrected chi connectivity index (χ0v) is 14.6. The highest BCUT2D eigenvalue weighted by atomic mass is 32.1. The first-order valence-corrected chi connectivity index (χ1v) is 8.68. The summed E-state index contributed by atoms with van der Waals surface area (Å²) in [5.41, 5.74) is 2.30. The number of halogens is 3. The first-order chi connectivity index (χ1) is 12.3. The van der Waals surface area contributed by atoms with Crippen LogP contribution in [0.5, 0.6) is 0 Å². The van der Waals surface area contributed by atoms with E-state index in [1.54, 1.807) is 0 Å². The first-order valence-electron chi connectivity index (χ1n) is 7.80. The molecule has 1 N–H and O–H groups in total. The topological polar surface area (TPSA) is 42.0 Å². The molecule has 1 amide bonds. The number of hydrogen-bond donors (Lipinski definition) is 1. The van der Waals surface area contributed by atoms with Crippen LogP contribution in [0.25, 0.3) is 10.6 Å². The van der Waals surface area contributed by atoms with E-state index in [0.29, 0.717) is 11.4 Å². The van der Waals surface area contributed by atoms with Gasteiger partial charge in [0.25, 0.3) is 0 Å². The van der Waals surface area contributed by atoms with E-state index in [2.05, 4.69) is 10.3 Å². The van der Waals surface area contributed by atoms with Crippen molar-refractivity contribution in [3.8, 4) is 10.6 Å². The average Bonchev–Trinajstić information content (AvgIpc) is 3.03. The van der Waals surface area contributed by atoms with E-state index in [1.807, 2.05) is 36.6 Å². The Morgan fingerprint density at radius 2 is 1.88 bits per heavy atom. The lowest BCUT2D eigenvalue weighted by Crippen LogP contribution is -2.15. The van der Waals surface area contributed by atoms with Crippen molar-refractivity contribution in [3.05, 3.63) is 70.7 Å². The molecule has 0 aliphatic carbocycles. The zero-order chi connectivity index (χ0) is 18.7. The number of hydrogen-bond acceptors (Lipinski definition) is 3. The molecule has 0 atom stereocenters. The summed E-state index contributed by atoms with van der Waals surface area (Å²) in [6, 6.07) is 12.3. The summed E-state index contributed by atoms with van der Waals surface area (Å²) >= 11 is 1.45. The molecule has 0 radical (unpaired) electrons. The molecule has 0 fully saturated rings. The van der Waals surface area contributed by atoms with E-state index in [0.717, 1.165) is 28.3 Å². The predicted molar refractivity (Wildman–Crippen MR) is 96.1 cm³/mol. The normalized spacial score (nSPS) is 11.4. The third kappa shape index (κ3) is 4.49. The standard InChI is InChI=1S/C19H15F3N2OS/c1-12-3-2-4-13(9-12)18-24-16(11-26-18)10-17(25)23-15-7-5-14(6-8-15)19(20,21)22/h2-9,11H,10H2,1H3,(H,23,25). The van der Waals surface area contributed by atoms with Crippen molar-refractivity contribution in [3.63, 3.8) is 0 Å². The van der Waals surface area contributed by atoms with Crippen LogP contribution in [-0.4, -0.2) is 10.9 Å². The van der Waals surface area contributed by atoms with Gasteiger partial charge in [-0.1, -0.05) is 23.8 Å². The summed E-state index contributed by atoms with van der Waals surface area (Å²) in [6.07, 6.45) is -4.33. The Labute approximate surface area is 152 Å². The molecule has 2 aromatic carbocycles. The Morgan fingerprint density at radius 1 is 1.15 bits per heavy atom. The number of nitrogens with zero attached hydrogens (tertiary/aromatic N) is 1. The van der Waals surface area contributed by atoms with Crippen molar-refractivity contribution in [2.45, 2.75) is 19.5 Å². The van der Waals surface area contributed by atoms with Crippen LogP contribution in [0.1, 0.15) is 16.8 Å². The van der Waals surface area contributed by atoms with Gasteiger partial charge in [-0.3, -0.25) is 4.79 Å². The number of thiazole rings is 1. The fourth-order valence-electron chi connectivity index (χ4n) is 2.41. The summed E-state index contributed by atoms with van der Waals surface area (Å²) in [7, 11) is 0. The molecule has 3 rings (SSSR count). The molecule has 0 unspecified atom stereocenters. The van der Waals surface area contributed by atoms with Gasteiger partial charge < -0.3 is 5.32 Å². The third-order valence-corrected chi connectivity index (χ3v) is 4.59. The number of nitrogens with one attached hydrogen (secondary N) is 1. The van der Waals surface area contributed by atoms with Crippen LogP contribution in [0, 0.1) is 6.92 Å². The Bertz CT molecular complexity index is 917. The SMILES string of the molecule is Cc1cccc(-c2nc(CC(=O)Nc3ccc(C(F)(F)F)cc3)cs2)c1. The van der Waals surface area contributed by atoms with Crippen LogP contribution >= 0.6 is 11.3 Å². The van der Waals surface area contributed by atoms with Gasteiger partial charge in [0, 0.05) is 16.6 Å². The average molecular weight is 376 g/mol. The smallest absolute Gasteiger partial charge is 0.326 e. The van der Waals surface area contributed by atoms with Gasteiger partial charge in [0.2, 0.25) is 5.91 Å². The number of rotatable bonds is 4. The minimum atomic E-state index is -4.39. The van der Waals surface area contributed by atoms with Crippen molar-refractivity contribution < 1.29 is 18.0 Å². The van der Waals surface area contributed by atoms with Crippen molar-refractivity contribution >= 4 is 22.9 Å². The maximum absolute atomic E-state index is 12.5. The second-order valence-corrected chi connectivity index (χ2v) is 6.67. The van der Waals surface area contributed by atoms with E-state index in [9.17, 15) is 18.0 Å². The molecule has 0 spiro atoms. The van der Waals surface area contributed by atoms with E-state index in [-0.39, 0.29) is 12.3 Å². The number of carbonyl (C=O) groups is 1. The van der Waals surface area contributed by atoms with Crippen LogP contribution in [0.4, 0.5) is 18.9 Å². The van der Waals surface area contributed by atoms with Crippen LogP contribution in [-0.2, 0) is 17.4 Å². The molecule has 134 valence electrons. The van der Waals surface area contributed by atoms with Crippen LogP contribution in [0.2, 0.25) is 0 Å². The van der Waals surface area contributed by atoms with Gasteiger partial charge in [-0.2, -0.15) is 13.2 Å². The fourth-order valence-corrected chi connectivity index (χ4v) is 3.23. The van der Waals surface area contributed by atoms with Gasteiger partial charge in [-0.25, -0.2) is 4.98 Å². The van der Waals surface area contributed by atoms with Gasteiger partial charge in [-0.05, 0) is 37.3 Å². The van der Waals surface area contributed by atoms with Crippen molar-refractivity contribution in [1.29, 1.82) is 0 Å². The van der Waals surface area contributed by atoms with Crippen LogP contribution < -0.4 is 5.32 Å². The lowest BCUT2D eigenvalue weighted by Gasteiger charge is -2.08. The summed E-state index contributed by atoms with van der Waals surface area (Å²) in [5.74, 6) is -0.328. The molecule has 1 heterocycles. The Kier molecular flexibility index (Phi) is 5.08. The highest BCUT2D eigenvalue weighted by molar-refractivity contribution is 7.13. The molecule has 0 aliphatic heterocycles. The molecule has 3 nitrogen and oxygen atoms in total. The van der Waals surface area contributed by atoms with Gasteiger partial charge in [0.05, 0.1) is 17.7 Å². The molecule has 0 saturated heterocycles. The van der Waals surface area contributed by atoms with Gasteiger partial charge in [-0.15, -0.1) is 11.3 Å². The monoisotopic (exact) mass is 376 g/mol. The minimum absolute atomic E-state index is 0.0589. The molecule has 26 heavy (non-hydrogen) atoms. The van der Waals surface area contributed by atoms with Crippen LogP contribution in [0.3, 0.4) is 0 Å². The molecular formula is C19H15F3N2OS. The quantitative estimate of drug-likeness (QED) is 0.670. The van der Waals surface area contributed by atoms with Crippen LogP contribution in [0.15, 0.2) is 53.9 Å². The summed E-state index contributed by atoms with van der Waals surface area (Å²) in [6.45, 7) is 2.00. The second kappa shape index (κ2) is 7.29. The van der Waals surface area contributed by atoms with Gasteiger partial charge >= 0.3 is 6.18 Å². The maximum Gasteiger partial charge on any atom is 0.416 e. The predicted octanol–water partition coefficient (Wildman–Crippen LogP) is 5.32. The number of aromatic nitrogens is 1. The number of carbonyl (C=O) groups excluding carboxylic acids is 1. The van der Waals surface area contributed by atoms with Gasteiger partial charge in [0.15, 0.2) is 0 Å². The first kappa shape index (κ1) is 18.1. The van der Waals surface area contributed by atoms with E-state index < -0.39 is 11.7 Å². The maximum atomic E-state index is 12.5. The third-order valence-electron chi connectivity index (χ3n) is 3.65. The van der Waals surface area contributed by atoms with Gasteiger partial charge in [0.1, 0.15) is 5.01 Å². The molecule has 3 aromatic rings. The Morgan fingerprint density at radius 3 is 2.54 bits per heavy atom. The van der Waals surface area contributed by atoms with E-state index in [1.165, 1.54) is 23.5 Å². The second-order valence-electron chi connectivity index (χ2n) is 5.81. The molecule has 1 aromatic heterocycles. The number of aryl methyl sites for hydroxylation is 1. The Hall–Kier alpha value is -2.67. The van der Waals surface area contributed by atoms with Crippen molar-refractivity contribution in [2.24, 2.45) is 0 Å². The molecule has 7 heteroatoms. The highest BCUT2D eigenvalue weighted by Gasteiger charge is 2.29. The number of anilines is 1. The minimum Gasteiger partial charge on any atom is -0.326 e. The number of amides is 1. The summed E-state index contributed by atoms with van der Waals surface area (Å²) in [5, 5.41) is 5.22.